The molecule has 6 heteroatoms. The van der Waals surface area contributed by atoms with Crippen LogP contribution in [0.3, 0.4) is 0 Å². The fourth-order valence-corrected chi connectivity index (χ4v) is 2.10. The Balaban J connectivity index is 2.66. The number of carbonyl (C=O) groups is 1. The molecule has 0 saturated carbocycles. The Morgan fingerprint density at radius 2 is 1.42 bits per heavy atom. The molecule has 0 bridgehead atoms. The molecule has 0 aromatic heterocycles. The summed E-state index contributed by atoms with van der Waals surface area (Å²) in [4.78, 5) is 12.2. The van der Waals surface area contributed by atoms with Gasteiger partial charge in [0.1, 0.15) is 12.1 Å². The molecule has 24 heavy (non-hydrogen) atoms. The summed E-state index contributed by atoms with van der Waals surface area (Å²) in [7, 11) is 0. The molecule has 0 heterocycles. The minimum Gasteiger partial charge on any atom is -0.445 e. The van der Waals surface area contributed by atoms with Crippen LogP contribution in [0.5, 0.6) is 0 Å². The summed E-state index contributed by atoms with van der Waals surface area (Å²) in [5.41, 5.74) is 0.160. The highest BCUT2D eigenvalue weighted by Gasteiger charge is 2.34. The first-order chi connectivity index (χ1) is 11.7. The average Bonchev–Trinajstić information content (AvgIpc) is 2.62. The molecule has 0 radical (unpaired) electrons. The van der Waals surface area contributed by atoms with E-state index in [1.54, 1.807) is 0 Å². The normalized spacial score (nSPS) is 11.3. The first-order valence-corrected chi connectivity index (χ1v) is 8.38. The van der Waals surface area contributed by atoms with Crippen molar-refractivity contribution in [1.29, 1.82) is 0 Å². The Hall–Kier alpha value is -1.63. The van der Waals surface area contributed by atoms with Gasteiger partial charge in [-0.3, -0.25) is 0 Å². The minimum atomic E-state index is -0.768. The van der Waals surface area contributed by atoms with Crippen molar-refractivity contribution in [3.63, 3.8) is 0 Å². The molecule has 1 amide bonds. The number of nitrogens with one attached hydrogen (secondary N) is 1. The molecule has 1 aromatic rings. The molecule has 0 unspecified atom stereocenters. The predicted octanol–water partition coefficient (Wildman–Crippen LogP) is 2.76. The van der Waals surface area contributed by atoms with Gasteiger partial charge in [-0.05, 0) is 26.3 Å². The van der Waals surface area contributed by atoms with Crippen LogP contribution in [0.25, 0.3) is 0 Å². The first kappa shape index (κ1) is 20.4. The van der Waals surface area contributed by atoms with E-state index < -0.39 is 11.6 Å². The van der Waals surface area contributed by atoms with E-state index in [2.05, 4.69) is 5.32 Å². The molecule has 6 nitrogen and oxygen atoms in total. The standard InChI is InChI=1S/C18H29NO5/c1-4-21-13-18(14-22-5-2,15-23-6-3)19-17(20)24-12-16-10-8-7-9-11-16/h7-11H,4-6,12-15H2,1-3H3,(H,19,20). The van der Waals surface area contributed by atoms with Crippen LogP contribution in [0.15, 0.2) is 30.3 Å². The molecule has 1 rings (SSSR count). The molecule has 1 N–H and O–H groups in total. The maximum Gasteiger partial charge on any atom is 0.408 e. The fourth-order valence-electron chi connectivity index (χ4n) is 2.10. The quantitative estimate of drug-likeness (QED) is 0.634. The molecule has 1 aromatic carbocycles. The van der Waals surface area contributed by atoms with Gasteiger partial charge in [-0.15, -0.1) is 0 Å². The van der Waals surface area contributed by atoms with E-state index in [1.807, 2.05) is 51.1 Å². The number of ether oxygens (including phenoxy) is 4. The summed E-state index contributed by atoms with van der Waals surface area (Å²) in [6.07, 6.45) is -0.516. The Morgan fingerprint density at radius 3 is 1.88 bits per heavy atom. The van der Waals surface area contributed by atoms with Crippen molar-refractivity contribution in [1.82, 2.24) is 5.32 Å². The zero-order chi connectivity index (χ0) is 17.7. The third-order valence-electron chi connectivity index (χ3n) is 3.33. The third kappa shape index (κ3) is 7.77. The van der Waals surface area contributed by atoms with Crippen molar-refractivity contribution in [2.75, 3.05) is 39.6 Å². The maximum absolute atomic E-state index is 12.2. The number of carbonyl (C=O) groups excluding carboxylic acids is 1. The highest BCUT2D eigenvalue weighted by atomic mass is 16.6. The Labute approximate surface area is 144 Å². The van der Waals surface area contributed by atoms with Crippen molar-refractivity contribution in [3.8, 4) is 0 Å². The van der Waals surface area contributed by atoms with Gasteiger partial charge in [0.25, 0.3) is 0 Å². The van der Waals surface area contributed by atoms with Gasteiger partial charge < -0.3 is 24.3 Å². The van der Waals surface area contributed by atoms with E-state index in [0.29, 0.717) is 39.6 Å². The summed E-state index contributed by atoms with van der Waals surface area (Å²) < 4.78 is 21.9. The van der Waals surface area contributed by atoms with Crippen LogP contribution in [0.4, 0.5) is 4.79 Å². The maximum atomic E-state index is 12.2. The van der Waals surface area contributed by atoms with Gasteiger partial charge in [0.15, 0.2) is 0 Å². The topological polar surface area (TPSA) is 66.0 Å². The SMILES string of the molecule is CCOCC(COCC)(COCC)NC(=O)OCc1ccccc1. The number of benzene rings is 1. The Bertz CT molecular complexity index is 430. The van der Waals surface area contributed by atoms with E-state index >= 15 is 0 Å². The fraction of sp³-hybridized carbons (Fsp3) is 0.611. The van der Waals surface area contributed by atoms with Gasteiger partial charge in [-0.25, -0.2) is 4.79 Å². The van der Waals surface area contributed by atoms with Crippen LogP contribution in [0.1, 0.15) is 26.3 Å². The smallest absolute Gasteiger partial charge is 0.408 e. The monoisotopic (exact) mass is 339 g/mol. The summed E-state index contributed by atoms with van der Waals surface area (Å²) in [5, 5.41) is 2.87. The van der Waals surface area contributed by atoms with Crippen molar-refractivity contribution in [2.24, 2.45) is 0 Å². The highest BCUT2D eigenvalue weighted by Crippen LogP contribution is 2.10. The number of alkyl carbamates (subject to hydrolysis) is 1. The minimum absolute atomic E-state index is 0.209. The molecular weight excluding hydrogens is 310 g/mol. The number of amides is 1. The van der Waals surface area contributed by atoms with Gasteiger partial charge in [0.05, 0.1) is 19.8 Å². The molecular formula is C18H29NO5. The van der Waals surface area contributed by atoms with Crippen molar-refractivity contribution >= 4 is 6.09 Å². The molecule has 0 fully saturated rings. The first-order valence-electron chi connectivity index (χ1n) is 8.38. The van der Waals surface area contributed by atoms with Crippen LogP contribution in [-0.4, -0.2) is 51.3 Å². The third-order valence-corrected chi connectivity index (χ3v) is 3.33. The summed E-state index contributed by atoms with van der Waals surface area (Å²) in [6, 6.07) is 9.53. The van der Waals surface area contributed by atoms with E-state index in [4.69, 9.17) is 18.9 Å². The molecule has 0 atom stereocenters. The molecule has 0 saturated heterocycles. The van der Waals surface area contributed by atoms with Crippen LogP contribution in [0.2, 0.25) is 0 Å². The summed E-state index contributed by atoms with van der Waals surface area (Å²) in [5.74, 6) is 0. The van der Waals surface area contributed by atoms with E-state index in [0.717, 1.165) is 5.56 Å². The van der Waals surface area contributed by atoms with Crippen LogP contribution in [-0.2, 0) is 25.6 Å². The van der Waals surface area contributed by atoms with Crippen LogP contribution >= 0.6 is 0 Å². The van der Waals surface area contributed by atoms with Crippen LogP contribution in [0, 0.1) is 0 Å². The second kappa shape index (κ2) is 11.8. The second-order valence-corrected chi connectivity index (χ2v) is 5.38. The molecule has 0 aliphatic rings. The highest BCUT2D eigenvalue weighted by molar-refractivity contribution is 5.68. The van der Waals surface area contributed by atoms with Crippen LogP contribution < -0.4 is 5.32 Å². The van der Waals surface area contributed by atoms with E-state index in [9.17, 15) is 4.79 Å². The van der Waals surface area contributed by atoms with E-state index in [1.165, 1.54) is 0 Å². The lowest BCUT2D eigenvalue weighted by Gasteiger charge is -2.33. The lowest BCUT2D eigenvalue weighted by atomic mass is 10.0. The second-order valence-electron chi connectivity index (χ2n) is 5.38. The molecule has 136 valence electrons. The van der Waals surface area contributed by atoms with E-state index in [-0.39, 0.29) is 6.61 Å². The van der Waals surface area contributed by atoms with Crippen molar-refractivity contribution in [3.05, 3.63) is 35.9 Å². The lowest BCUT2D eigenvalue weighted by molar-refractivity contribution is -0.0332. The zero-order valence-corrected chi connectivity index (χ0v) is 14.9. The zero-order valence-electron chi connectivity index (χ0n) is 14.9. The molecule has 0 aliphatic heterocycles. The van der Waals surface area contributed by atoms with Gasteiger partial charge in [-0.1, -0.05) is 30.3 Å². The van der Waals surface area contributed by atoms with Gasteiger partial charge >= 0.3 is 6.09 Å². The lowest BCUT2D eigenvalue weighted by Crippen LogP contribution is -2.58. The van der Waals surface area contributed by atoms with Gasteiger partial charge in [-0.2, -0.15) is 0 Å². The van der Waals surface area contributed by atoms with Gasteiger partial charge in [0.2, 0.25) is 0 Å². The van der Waals surface area contributed by atoms with Crippen molar-refractivity contribution in [2.45, 2.75) is 32.9 Å². The summed E-state index contributed by atoms with van der Waals surface area (Å²) in [6.45, 7) is 8.43. The predicted molar refractivity (Wildman–Crippen MR) is 92.0 cm³/mol. The van der Waals surface area contributed by atoms with Gasteiger partial charge in [0, 0.05) is 19.8 Å². The largest absolute Gasteiger partial charge is 0.445 e. The Kier molecular flexibility index (Phi) is 10.1. The average molecular weight is 339 g/mol. The summed E-state index contributed by atoms with van der Waals surface area (Å²) >= 11 is 0. The Morgan fingerprint density at radius 1 is 0.917 bits per heavy atom. The number of rotatable bonds is 12. The number of hydrogen-bond donors (Lipinski definition) is 1. The van der Waals surface area contributed by atoms with Crippen molar-refractivity contribution < 1.29 is 23.7 Å². The number of hydrogen-bond acceptors (Lipinski definition) is 5. The molecule has 0 spiro atoms. The molecule has 0 aliphatic carbocycles.